The van der Waals surface area contributed by atoms with Crippen molar-refractivity contribution >= 4 is 42.9 Å². The Balaban J connectivity index is 2.07. The maximum absolute atomic E-state index is 13.1. The summed E-state index contributed by atoms with van der Waals surface area (Å²) in [5, 5.41) is 1.68. The van der Waals surface area contributed by atoms with Gasteiger partial charge in [0.25, 0.3) is 0 Å². The Morgan fingerprint density at radius 3 is 2.52 bits per heavy atom. The Labute approximate surface area is 152 Å². The van der Waals surface area contributed by atoms with Crippen molar-refractivity contribution in [2.75, 3.05) is 37.5 Å². The summed E-state index contributed by atoms with van der Waals surface area (Å²) in [5.41, 5.74) is 3.95. The molecular formula is C21H24N2OS. The average molecular weight is 353 g/mol. The number of fused-ring (bicyclic) bond motifs is 3. The van der Waals surface area contributed by atoms with E-state index in [1.165, 1.54) is 11.3 Å². The molecule has 4 heteroatoms. The molecule has 0 spiro atoms. The first kappa shape index (κ1) is 16.4. The van der Waals surface area contributed by atoms with E-state index >= 15 is 0 Å². The monoisotopic (exact) mass is 352 g/mol. The molecule has 4 rings (SSSR count). The molecule has 0 unspecified atom stereocenters. The van der Waals surface area contributed by atoms with Gasteiger partial charge in [-0.25, -0.2) is 0 Å². The number of benzene rings is 2. The highest BCUT2D eigenvalue weighted by molar-refractivity contribution is 7.24. The number of rotatable bonds is 1. The molecule has 0 bridgehead atoms. The SMILES string of the molecule is CN(C)c1ccc2c(=O)c3cc4c(cc3sc2c1)N(C)CCC4(C)C. The second-order valence-electron chi connectivity index (χ2n) is 7.93. The summed E-state index contributed by atoms with van der Waals surface area (Å²) >= 11 is 1.72. The van der Waals surface area contributed by atoms with E-state index in [2.05, 4.69) is 48.9 Å². The van der Waals surface area contributed by atoms with Gasteiger partial charge in [-0.2, -0.15) is 0 Å². The molecule has 2 heterocycles. The summed E-state index contributed by atoms with van der Waals surface area (Å²) in [7, 11) is 6.20. The van der Waals surface area contributed by atoms with Crippen molar-refractivity contribution < 1.29 is 0 Å². The van der Waals surface area contributed by atoms with Crippen molar-refractivity contribution in [3.8, 4) is 0 Å². The van der Waals surface area contributed by atoms with Crippen LogP contribution in [0.3, 0.4) is 0 Å². The molecule has 0 radical (unpaired) electrons. The Morgan fingerprint density at radius 2 is 1.80 bits per heavy atom. The summed E-state index contributed by atoms with van der Waals surface area (Å²) in [6.45, 7) is 5.62. The van der Waals surface area contributed by atoms with Gasteiger partial charge in [0, 0.05) is 59.2 Å². The van der Waals surface area contributed by atoms with E-state index in [-0.39, 0.29) is 10.8 Å². The maximum Gasteiger partial charge on any atom is 0.195 e. The van der Waals surface area contributed by atoms with Crippen LogP contribution < -0.4 is 15.2 Å². The second-order valence-corrected chi connectivity index (χ2v) is 9.01. The summed E-state index contributed by atoms with van der Waals surface area (Å²) in [4.78, 5) is 17.5. The van der Waals surface area contributed by atoms with Gasteiger partial charge < -0.3 is 9.80 Å². The molecule has 0 saturated heterocycles. The predicted molar refractivity (Wildman–Crippen MR) is 111 cm³/mol. The fourth-order valence-electron chi connectivity index (χ4n) is 3.72. The predicted octanol–water partition coefficient (Wildman–Crippen LogP) is 4.60. The zero-order valence-electron chi connectivity index (χ0n) is 15.5. The quantitative estimate of drug-likeness (QED) is 0.598. The molecule has 25 heavy (non-hydrogen) atoms. The van der Waals surface area contributed by atoms with E-state index in [0.29, 0.717) is 0 Å². The Bertz CT molecular complexity index is 1050. The van der Waals surface area contributed by atoms with Crippen LogP contribution in [0.2, 0.25) is 0 Å². The molecule has 1 aliphatic rings. The summed E-state index contributed by atoms with van der Waals surface area (Å²) in [6.07, 6.45) is 1.11. The van der Waals surface area contributed by atoms with Gasteiger partial charge in [-0.05, 0) is 47.7 Å². The lowest BCUT2D eigenvalue weighted by molar-refractivity contribution is 0.463. The summed E-state index contributed by atoms with van der Waals surface area (Å²) in [6, 6.07) is 10.5. The number of nitrogens with zero attached hydrogens (tertiary/aromatic N) is 2. The second kappa shape index (κ2) is 5.46. The highest BCUT2D eigenvalue weighted by Crippen LogP contribution is 2.42. The number of hydrogen-bond acceptors (Lipinski definition) is 4. The van der Waals surface area contributed by atoms with E-state index in [1.807, 2.05) is 26.2 Å². The van der Waals surface area contributed by atoms with E-state index < -0.39 is 0 Å². The van der Waals surface area contributed by atoms with Crippen LogP contribution in [0.5, 0.6) is 0 Å². The minimum atomic E-state index is 0.108. The first-order chi connectivity index (χ1) is 11.8. The van der Waals surface area contributed by atoms with Crippen LogP contribution in [0.4, 0.5) is 11.4 Å². The first-order valence-corrected chi connectivity index (χ1v) is 9.53. The molecule has 0 saturated carbocycles. The summed E-state index contributed by atoms with van der Waals surface area (Å²) < 4.78 is 2.14. The standard InChI is InChI=1S/C21H24N2OS/c1-21(2)8-9-23(5)17-12-19-15(11-16(17)21)20(24)14-7-6-13(22(3)4)10-18(14)25-19/h6-7,10-12H,8-9H2,1-5H3. The van der Waals surface area contributed by atoms with Gasteiger partial charge in [0.15, 0.2) is 5.43 Å². The van der Waals surface area contributed by atoms with Crippen LogP contribution in [0, 0.1) is 0 Å². The van der Waals surface area contributed by atoms with Gasteiger partial charge in [0.1, 0.15) is 0 Å². The van der Waals surface area contributed by atoms with Crippen molar-refractivity contribution in [2.24, 2.45) is 0 Å². The van der Waals surface area contributed by atoms with Gasteiger partial charge in [-0.1, -0.05) is 13.8 Å². The average Bonchev–Trinajstić information content (AvgIpc) is 2.57. The molecule has 2 aromatic carbocycles. The third kappa shape index (κ3) is 2.51. The summed E-state index contributed by atoms with van der Waals surface area (Å²) in [5.74, 6) is 0. The Hall–Kier alpha value is -2.07. The van der Waals surface area contributed by atoms with Crippen LogP contribution in [0.15, 0.2) is 35.1 Å². The van der Waals surface area contributed by atoms with E-state index in [9.17, 15) is 4.79 Å². The first-order valence-electron chi connectivity index (χ1n) is 8.71. The Morgan fingerprint density at radius 1 is 1.08 bits per heavy atom. The van der Waals surface area contributed by atoms with Crippen molar-refractivity contribution in [1.82, 2.24) is 0 Å². The van der Waals surface area contributed by atoms with Gasteiger partial charge in [0.2, 0.25) is 0 Å². The lowest BCUT2D eigenvalue weighted by atomic mass is 9.77. The van der Waals surface area contributed by atoms with Crippen molar-refractivity contribution in [3.63, 3.8) is 0 Å². The van der Waals surface area contributed by atoms with Gasteiger partial charge in [0.05, 0.1) is 0 Å². The maximum atomic E-state index is 13.1. The van der Waals surface area contributed by atoms with Gasteiger partial charge >= 0.3 is 0 Å². The van der Waals surface area contributed by atoms with Gasteiger partial charge in [-0.15, -0.1) is 11.3 Å². The molecular weight excluding hydrogens is 328 g/mol. The highest BCUT2D eigenvalue weighted by atomic mass is 32.1. The molecule has 1 aromatic heterocycles. The number of anilines is 2. The van der Waals surface area contributed by atoms with Crippen LogP contribution >= 0.6 is 11.3 Å². The highest BCUT2D eigenvalue weighted by Gasteiger charge is 2.30. The third-order valence-electron chi connectivity index (χ3n) is 5.50. The van der Waals surface area contributed by atoms with Crippen LogP contribution in [0.1, 0.15) is 25.8 Å². The zero-order valence-corrected chi connectivity index (χ0v) is 16.3. The third-order valence-corrected chi connectivity index (χ3v) is 6.62. The minimum Gasteiger partial charge on any atom is -0.378 e. The topological polar surface area (TPSA) is 23.6 Å². The molecule has 0 aliphatic carbocycles. The molecule has 0 fully saturated rings. The fourth-order valence-corrected chi connectivity index (χ4v) is 4.84. The smallest absolute Gasteiger partial charge is 0.195 e. The number of hydrogen-bond donors (Lipinski definition) is 0. The molecule has 0 amide bonds. The molecule has 0 atom stereocenters. The normalized spacial score (nSPS) is 16.3. The van der Waals surface area contributed by atoms with Crippen LogP contribution in [0.25, 0.3) is 20.2 Å². The molecule has 1 aliphatic heterocycles. The fraction of sp³-hybridized carbons (Fsp3) is 0.381. The van der Waals surface area contributed by atoms with E-state index in [4.69, 9.17) is 0 Å². The van der Waals surface area contributed by atoms with E-state index in [1.54, 1.807) is 11.3 Å². The minimum absolute atomic E-state index is 0.108. The molecule has 3 nitrogen and oxygen atoms in total. The molecule has 0 N–H and O–H groups in total. The van der Waals surface area contributed by atoms with Crippen LogP contribution in [-0.4, -0.2) is 27.7 Å². The lowest BCUT2D eigenvalue weighted by Crippen LogP contribution is -2.34. The van der Waals surface area contributed by atoms with E-state index in [0.717, 1.165) is 38.8 Å². The zero-order chi connectivity index (χ0) is 17.9. The lowest BCUT2D eigenvalue weighted by Gasteiger charge is -2.38. The molecule has 3 aromatic rings. The van der Waals surface area contributed by atoms with Crippen molar-refractivity contribution in [2.45, 2.75) is 25.7 Å². The van der Waals surface area contributed by atoms with Crippen molar-refractivity contribution in [3.05, 3.63) is 46.1 Å². The van der Waals surface area contributed by atoms with Crippen LogP contribution in [-0.2, 0) is 5.41 Å². The van der Waals surface area contributed by atoms with Gasteiger partial charge in [-0.3, -0.25) is 4.79 Å². The Kier molecular flexibility index (Phi) is 3.58. The van der Waals surface area contributed by atoms with Crippen molar-refractivity contribution in [1.29, 1.82) is 0 Å². The molecule has 130 valence electrons. The largest absolute Gasteiger partial charge is 0.378 e.